The van der Waals surface area contributed by atoms with E-state index in [0.717, 1.165) is 0 Å². The van der Waals surface area contributed by atoms with Crippen LogP contribution in [0.1, 0.15) is 2.85 Å². The van der Waals surface area contributed by atoms with Crippen LogP contribution >= 0.6 is 0 Å². The SMILES string of the molecule is C=COC=C.[H-].[H-].[Na+].[Na+]. The Morgan fingerprint density at radius 1 is 1.14 bits per heavy atom. The van der Waals surface area contributed by atoms with Gasteiger partial charge in [0.05, 0.1) is 12.5 Å². The second-order valence-electron chi connectivity index (χ2n) is 0.469. The molecule has 0 N–H and O–H groups in total. The molecule has 0 heterocycles. The van der Waals surface area contributed by atoms with Crippen LogP contribution in [0.15, 0.2) is 25.7 Å². The van der Waals surface area contributed by atoms with Crippen LogP contribution in [0.5, 0.6) is 0 Å². The van der Waals surface area contributed by atoms with Crippen LogP contribution in [-0.2, 0) is 4.74 Å². The molecule has 0 saturated carbocycles. The molecule has 0 aromatic heterocycles. The fourth-order valence-electron chi connectivity index (χ4n) is 0.0680. The summed E-state index contributed by atoms with van der Waals surface area (Å²) in [6.07, 6.45) is 2.62. The van der Waals surface area contributed by atoms with Crippen molar-refractivity contribution < 1.29 is 66.7 Å². The minimum absolute atomic E-state index is 0. The van der Waals surface area contributed by atoms with E-state index in [1.165, 1.54) is 12.5 Å². The third-order valence-corrected chi connectivity index (χ3v) is 0.192. The van der Waals surface area contributed by atoms with E-state index in [2.05, 4.69) is 17.9 Å². The number of rotatable bonds is 2. The summed E-state index contributed by atoms with van der Waals surface area (Å²) in [5, 5.41) is 0. The Balaban J connectivity index is -0.0000000133. The summed E-state index contributed by atoms with van der Waals surface area (Å²) >= 11 is 0. The summed E-state index contributed by atoms with van der Waals surface area (Å²) in [5.74, 6) is 0. The zero-order valence-corrected chi connectivity index (χ0v) is 8.98. The minimum atomic E-state index is 0. The van der Waals surface area contributed by atoms with Gasteiger partial charge in [-0.2, -0.15) is 0 Å². The van der Waals surface area contributed by atoms with E-state index in [1.54, 1.807) is 0 Å². The number of ether oxygens (including phenoxy) is 1. The second-order valence-corrected chi connectivity index (χ2v) is 0.469. The zero-order chi connectivity index (χ0) is 4.12. The molecule has 32 valence electrons. The van der Waals surface area contributed by atoms with Crippen molar-refractivity contribution in [3.8, 4) is 0 Å². The molecular formula is C4H8Na2O. The molecule has 0 aliphatic carbocycles. The van der Waals surface area contributed by atoms with Crippen molar-refractivity contribution in [1.29, 1.82) is 0 Å². The first-order chi connectivity index (χ1) is 2.41. The van der Waals surface area contributed by atoms with Gasteiger partial charge in [-0.05, 0) is 0 Å². The number of hydrogen-bond donors (Lipinski definition) is 0. The van der Waals surface area contributed by atoms with Crippen LogP contribution < -0.4 is 59.1 Å². The predicted molar refractivity (Wildman–Crippen MR) is 23.7 cm³/mol. The summed E-state index contributed by atoms with van der Waals surface area (Å²) in [6, 6.07) is 0. The quantitative estimate of drug-likeness (QED) is 0.262. The minimum Gasteiger partial charge on any atom is -1.00 e. The fourth-order valence-corrected chi connectivity index (χ4v) is 0.0680. The van der Waals surface area contributed by atoms with Gasteiger partial charge in [0.15, 0.2) is 0 Å². The molecule has 0 aromatic rings. The third kappa shape index (κ3) is 18.9. The largest absolute Gasteiger partial charge is 1.00 e. The molecule has 0 aromatic carbocycles. The Bertz CT molecular complexity index is 45.8. The van der Waals surface area contributed by atoms with Crippen molar-refractivity contribution in [2.75, 3.05) is 0 Å². The Morgan fingerprint density at radius 2 is 1.43 bits per heavy atom. The molecule has 0 atom stereocenters. The maximum atomic E-state index is 4.36. The Labute approximate surface area is 91.4 Å². The Kier molecular flexibility index (Phi) is 35.2. The van der Waals surface area contributed by atoms with Crippen LogP contribution in [0.3, 0.4) is 0 Å². The van der Waals surface area contributed by atoms with Crippen LogP contribution in [0.2, 0.25) is 0 Å². The average Bonchev–Trinajstić information content (AvgIpc) is 1.41. The second kappa shape index (κ2) is 15.7. The first-order valence-corrected chi connectivity index (χ1v) is 1.29. The molecular weight excluding hydrogens is 110 g/mol. The standard InChI is InChI=1S/C4H6O.2Na.2H/c1-3-5-4-2;;;;/h3-4H,1-2H2;;;;/q;2*+1;2*-1. The molecule has 0 saturated heterocycles. The first kappa shape index (κ1) is 15.7. The van der Waals surface area contributed by atoms with E-state index < -0.39 is 0 Å². The van der Waals surface area contributed by atoms with Crippen molar-refractivity contribution in [2.24, 2.45) is 0 Å². The van der Waals surface area contributed by atoms with Crippen molar-refractivity contribution in [2.45, 2.75) is 0 Å². The van der Waals surface area contributed by atoms with Gasteiger partial charge < -0.3 is 7.59 Å². The predicted octanol–water partition coefficient (Wildman–Crippen LogP) is -4.48. The van der Waals surface area contributed by atoms with Crippen molar-refractivity contribution >= 4 is 0 Å². The van der Waals surface area contributed by atoms with Crippen LogP contribution in [-0.4, -0.2) is 0 Å². The monoisotopic (exact) mass is 118 g/mol. The van der Waals surface area contributed by atoms with Crippen LogP contribution in [0.4, 0.5) is 0 Å². The van der Waals surface area contributed by atoms with Gasteiger partial charge in [0.2, 0.25) is 0 Å². The molecule has 0 aliphatic rings. The molecule has 0 bridgehead atoms. The van der Waals surface area contributed by atoms with Gasteiger partial charge in [0.1, 0.15) is 0 Å². The average molecular weight is 118 g/mol. The molecule has 7 heavy (non-hydrogen) atoms. The normalized spacial score (nSPS) is 4.00. The van der Waals surface area contributed by atoms with Gasteiger partial charge >= 0.3 is 59.1 Å². The molecule has 0 aliphatic heterocycles. The summed E-state index contributed by atoms with van der Waals surface area (Å²) in [5.41, 5.74) is 0. The molecule has 0 amide bonds. The number of hydrogen-bond acceptors (Lipinski definition) is 1. The fraction of sp³-hybridized carbons (Fsp3) is 0. The van der Waals surface area contributed by atoms with Gasteiger partial charge in [-0.1, -0.05) is 13.2 Å². The third-order valence-electron chi connectivity index (χ3n) is 0.192. The smallest absolute Gasteiger partial charge is 1.00 e. The van der Waals surface area contributed by atoms with Gasteiger partial charge in [-0.15, -0.1) is 0 Å². The molecule has 3 heteroatoms. The maximum Gasteiger partial charge on any atom is 1.00 e. The molecule has 1 nitrogen and oxygen atoms in total. The van der Waals surface area contributed by atoms with Crippen LogP contribution in [0.25, 0.3) is 0 Å². The zero-order valence-electron chi connectivity index (χ0n) is 6.98. The van der Waals surface area contributed by atoms with Crippen molar-refractivity contribution in [1.82, 2.24) is 0 Å². The molecule has 0 fully saturated rings. The molecule has 0 radical (unpaired) electrons. The van der Waals surface area contributed by atoms with Crippen molar-refractivity contribution in [3.63, 3.8) is 0 Å². The maximum absolute atomic E-state index is 4.36. The Hall–Kier alpha value is 1.28. The van der Waals surface area contributed by atoms with E-state index in [0.29, 0.717) is 0 Å². The first-order valence-electron chi connectivity index (χ1n) is 1.29. The van der Waals surface area contributed by atoms with E-state index >= 15 is 0 Å². The summed E-state index contributed by atoms with van der Waals surface area (Å²) in [6.45, 7) is 6.51. The van der Waals surface area contributed by atoms with Gasteiger partial charge in [-0.25, -0.2) is 0 Å². The van der Waals surface area contributed by atoms with Gasteiger partial charge in [0.25, 0.3) is 0 Å². The van der Waals surface area contributed by atoms with Gasteiger partial charge in [-0.3, -0.25) is 0 Å². The van der Waals surface area contributed by atoms with E-state index in [-0.39, 0.29) is 62.0 Å². The summed E-state index contributed by atoms with van der Waals surface area (Å²) < 4.78 is 4.36. The van der Waals surface area contributed by atoms with Gasteiger partial charge in [0, 0.05) is 0 Å². The Morgan fingerprint density at radius 3 is 1.43 bits per heavy atom. The van der Waals surface area contributed by atoms with E-state index in [4.69, 9.17) is 0 Å². The van der Waals surface area contributed by atoms with E-state index in [9.17, 15) is 0 Å². The van der Waals surface area contributed by atoms with Crippen LogP contribution in [0, 0.1) is 0 Å². The summed E-state index contributed by atoms with van der Waals surface area (Å²) in [7, 11) is 0. The van der Waals surface area contributed by atoms with E-state index in [1.807, 2.05) is 0 Å². The topological polar surface area (TPSA) is 9.23 Å². The van der Waals surface area contributed by atoms with Crippen molar-refractivity contribution in [3.05, 3.63) is 25.7 Å². The molecule has 0 spiro atoms. The molecule has 0 unspecified atom stereocenters. The molecule has 0 rings (SSSR count). The summed E-state index contributed by atoms with van der Waals surface area (Å²) in [4.78, 5) is 0.